The number of rotatable bonds is 4. The monoisotopic (exact) mass is 412 g/mol. The smallest absolute Gasteiger partial charge is 0.242 e. The Labute approximate surface area is 173 Å². The van der Waals surface area contributed by atoms with Crippen molar-refractivity contribution in [1.82, 2.24) is 0 Å². The Balaban J connectivity index is 2.09. The molecule has 0 amide bonds. The highest BCUT2D eigenvalue weighted by Gasteiger charge is 2.36. The number of hydrogen-bond acceptors (Lipinski definition) is 2. The van der Waals surface area contributed by atoms with E-state index in [1.165, 1.54) is 19.2 Å². The van der Waals surface area contributed by atoms with E-state index in [2.05, 4.69) is 0 Å². The standard InChI is InChI=1S/C24H21F3NO2/c1-14-10-16-12-22(29-2)23(30-3)13-17(16)24(15-8-9-18(25)20(27)11-15)28(14)21-7-5-4-6-19(21)26/h4-9,11-14H,10H2,1-3H3/q+1. The molecule has 0 fully saturated rings. The van der Waals surface area contributed by atoms with Gasteiger partial charge in [0.15, 0.2) is 35.0 Å². The summed E-state index contributed by atoms with van der Waals surface area (Å²) in [6, 6.07) is 13.7. The number of para-hydroxylation sites is 1. The molecule has 0 N–H and O–H groups in total. The molecule has 0 spiro atoms. The summed E-state index contributed by atoms with van der Waals surface area (Å²) in [6.07, 6.45) is 0.608. The second-order valence-corrected chi connectivity index (χ2v) is 7.22. The minimum Gasteiger partial charge on any atom is -0.493 e. The maximum atomic E-state index is 14.8. The zero-order chi connectivity index (χ0) is 21.4. The van der Waals surface area contributed by atoms with Crippen LogP contribution in [-0.2, 0) is 6.42 Å². The fourth-order valence-corrected chi connectivity index (χ4v) is 4.01. The Bertz CT molecular complexity index is 1160. The first kappa shape index (κ1) is 20.0. The lowest BCUT2D eigenvalue weighted by Crippen LogP contribution is -2.35. The van der Waals surface area contributed by atoms with Gasteiger partial charge in [0, 0.05) is 18.1 Å². The van der Waals surface area contributed by atoms with Crippen LogP contribution in [0.25, 0.3) is 0 Å². The Hall–Kier alpha value is -3.28. The van der Waals surface area contributed by atoms with Crippen LogP contribution in [-0.4, -0.2) is 30.5 Å². The molecule has 0 radical (unpaired) electrons. The molecule has 0 saturated heterocycles. The van der Waals surface area contributed by atoms with Crippen molar-refractivity contribution in [3.8, 4) is 11.5 Å². The minimum atomic E-state index is -0.964. The third kappa shape index (κ3) is 3.32. The highest BCUT2D eigenvalue weighted by Crippen LogP contribution is 2.37. The molecule has 3 aromatic rings. The van der Waals surface area contributed by atoms with Crippen LogP contribution in [0, 0.1) is 17.5 Å². The first-order valence-corrected chi connectivity index (χ1v) is 9.56. The molecule has 4 rings (SSSR count). The molecule has 0 aliphatic carbocycles. The molecular weight excluding hydrogens is 391 g/mol. The largest absolute Gasteiger partial charge is 0.493 e. The molecule has 0 saturated carbocycles. The van der Waals surface area contributed by atoms with Gasteiger partial charge in [-0.1, -0.05) is 12.1 Å². The number of fused-ring (bicyclic) bond motifs is 1. The summed E-state index contributed by atoms with van der Waals surface area (Å²) in [5.74, 6) is -1.22. The predicted octanol–water partition coefficient (Wildman–Crippen LogP) is 5.25. The summed E-state index contributed by atoms with van der Waals surface area (Å²) >= 11 is 0. The maximum absolute atomic E-state index is 14.8. The lowest BCUT2D eigenvalue weighted by molar-refractivity contribution is -0.483. The van der Waals surface area contributed by atoms with Crippen LogP contribution in [0.1, 0.15) is 23.6 Å². The molecule has 1 unspecified atom stereocenters. The van der Waals surface area contributed by atoms with Crippen molar-refractivity contribution in [3.63, 3.8) is 0 Å². The van der Waals surface area contributed by atoms with Crippen molar-refractivity contribution in [1.29, 1.82) is 0 Å². The number of benzene rings is 3. The van der Waals surface area contributed by atoms with Crippen LogP contribution < -0.4 is 9.47 Å². The fourth-order valence-electron chi connectivity index (χ4n) is 4.01. The average Bonchev–Trinajstić information content (AvgIpc) is 2.74. The Morgan fingerprint density at radius 2 is 1.53 bits per heavy atom. The van der Waals surface area contributed by atoms with E-state index in [9.17, 15) is 13.2 Å². The first-order chi connectivity index (χ1) is 14.4. The fraction of sp³-hybridized carbons (Fsp3) is 0.208. The molecule has 3 aromatic carbocycles. The van der Waals surface area contributed by atoms with Gasteiger partial charge in [0.25, 0.3) is 0 Å². The molecule has 0 aromatic heterocycles. The Kier molecular flexibility index (Phi) is 5.24. The molecule has 6 heteroatoms. The number of methoxy groups -OCH3 is 2. The van der Waals surface area contributed by atoms with E-state index in [4.69, 9.17) is 9.47 Å². The van der Waals surface area contributed by atoms with E-state index >= 15 is 0 Å². The topological polar surface area (TPSA) is 21.5 Å². The van der Waals surface area contributed by atoms with Gasteiger partial charge in [0.05, 0.1) is 19.8 Å². The number of hydrogen-bond donors (Lipinski definition) is 0. The van der Waals surface area contributed by atoms with Gasteiger partial charge in [-0.25, -0.2) is 8.78 Å². The summed E-state index contributed by atoms with van der Waals surface area (Å²) in [7, 11) is 3.09. The zero-order valence-electron chi connectivity index (χ0n) is 16.9. The SMILES string of the molecule is COc1cc2c(cc1OC)C(c1ccc(F)c(F)c1)=[N+](c1ccccc1F)C(C)C2. The van der Waals surface area contributed by atoms with Crippen molar-refractivity contribution < 1.29 is 27.2 Å². The summed E-state index contributed by atoms with van der Waals surface area (Å²) in [5, 5.41) is 0. The van der Waals surface area contributed by atoms with Crippen LogP contribution in [0.5, 0.6) is 11.5 Å². The minimum absolute atomic E-state index is 0.143. The Morgan fingerprint density at radius 1 is 0.833 bits per heavy atom. The summed E-state index contributed by atoms with van der Waals surface area (Å²) in [4.78, 5) is 0. The maximum Gasteiger partial charge on any atom is 0.242 e. The third-order valence-corrected chi connectivity index (χ3v) is 5.37. The van der Waals surface area contributed by atoms with Gasteiger partial charge in [0.2, 0.25) is 11.4 Å². The van der Waals surface area contributed by atoms with E-state index in [-0.39, 0.29) is 6.04 Å². The average molecular weight is 412 g/mol. The van der Waals surface area contributed by atoms with E-state index in [1.54, 1.807) is 31.4 Å². The number of ether oxygens (including phenoxy) is 2. The van der Waals surface area contributed by atoms with Gasteiger partial charge in [-0.15, -0.1) is 0 Å². The van der Waals surface area contributed by atoms with Crippen molar-refractivity contribution in [3.05, 3.63) is 88.7 Å². The van der Waals surface area contributed by atoms with Crippen LogP contribution >= 0.6 is 0 Å². The van der Waals surface area contributed by atoms with Crippen LogP contribution in [0.15, 0.2) is 54.6 Å². The predicted molar refractivity (Wildman–Crippen MR) is 109 cm³/mol. The van der Waals surface area contributed by atoms with Crippen LogP contribution in [0.3, 0.4) is 0 Å². The molecule has 30 heavy (non-hydrogen) atoms. The van der Waals surface area contributed by atoms with Gasteiger partial charge >= 0.3 is 0 Å². The second kappa shape index (κ2) is 7.86. The van der Waals surface area contributed by atoms with Gasteiger partial charge < -0.3 is 9.47 Å². The number of nitrogens with zero attached hydrogens (tertiary/aromatic N) is 1. The highest BCUT2D eigenvalue weighted by molar-refractivity contribution is 6.12. The van der Waals surface area contributed by atoms with Crippen molar-refractivity contribution in [2.75, 3.05) is 14.2 Å². The van der Waals surface area contributed by atoms with Gasteiger partial charge in [-0.05, 0) is 48.9 Å². The van der Waals surface area contributed by atoms with Crippen LogP contribution in [0.2, 0.25) is 0 Å². The second-order valence-electron chi connectivity index (χ2n) is 7.22. The van der Waals surface area contributed by atoms with Gasteiger partial charge in [-0.2, -0.15) is 8.97 Å². The lowest BCUT2D eigenvalue weighted by atomic mass is 9.88. The molecule has 1 heterocycles. The van der Waals surface area contributed by atoms with E-state index in [1.807, 2.05) is 17.6 Å². The lowest BCUT2D eigenvalue weighted by Gasteiger charge is -2.25. The van der Waals surface area contributed by atoms with E-state index in [0.717, 1.165) is 23.3 Å². The van der Waals surface area contributed by atoms with Gasteiger partial charge in [0.1, 0.15) is 0 Å². The summed E-state index contributed by atoms with van der Waals surface area (Å²) in [6.45, 7) is 1.96. The third-order valence-electron chi connectivity index (χ3n) is 5.37. The highest BCUT2D eigenvalue weighted by atomic mass is 19.2. The quantitative estimate of drug-likeness (QED) is 0.546. The number of halogens is 3. The van der Waals surface area contributed by atoms with Crippen molar-refractivity contribution >= 4 is 11.4 Å². The molecule has 1 aliphatic rings. The van der Waals surface area contributed by atoms with Crippen molar-refractivity contribution in [2.24, 2.45) is 0 Å². The Morgan fingerprint density at radius 3 is 2.20 bits per heavy atom. The molecule has 154 valence electrons. The van der Waals surface area contributed by atoms with Gasteiger partial charge in [-0.3, -0.25) is 0 Å². The molecular formula is C24H21F3NO2+. The summed E-state index contributed by atoms with van der Waals surface area (Å²) < 4.78 is 55.3. The molecule has 1 aliphatic heterocycles. The molecule has 1 atom stereocenters. The summed E-state index contributed by atoms with van der Waals surface area (Å²) in [5.41, 5.74) is 3.09. The zero-order valence-corrected chi connectivity index (χ0v) is 16.9. The van der Waals surface area contributed by atoms with Crippen molar-refractivity contribution in [2.45, 2.75) is 19.4 Å². The van der Waals surface area contributed by atoms with Crippen LogP contribution in [0.4, 0.5) is 18.9 Å². The van der Waals surface area contributed by atoms with E-state index in [0.29, 0.717) is 34.9 Å². The first-order valence-electron chi connectivity index (χ1n) is 9.56. The molecule has 0 bridgehead atoms. The normalized spacial score (nSPS) is 15.7. The van der Waals surface area contributed by atoms with E-state index < -0.39 is 17.5 Å². The molecule has 3 nitrogen and oxygen atoms in total.